The smallest absolute Gasteiger partial charge is 0.186 e. The molecule has 0 bridgehead atoms. The van der Waals surface area contributed by atoms with E-state index >= 15 is 0 Å². The normalized spacial score (nSPS) is 10.9. The highest BCUT2D eigenvalue weighted by atomic mass is 35.5. The van der Waals surface area contributed by atoms with E-state index in [2.05, 4.69) is 0 Å². The Kier molecular flexibility index (Phi) is 5.21. The fourth-order valence-electron chi connectivity index (χ4n) is 2.19. The van der Waals surface area contributed by atoms with Crippen molar-refractivity contribution in [2.45, 2.75) is 6.61 Å². The first kappa shape index (κ1) is 16.9. The van der Waals surface area contributed by atoms with Gasteiger partial charge in [-0.1, -0.05) is 35.9 Å². The van der Waals surface area contributed by atoms with Crippen LogP contribution in [0.3, 0.4) is 0 Å². The van der Waals surface area contributed by atoms with E-state index in [0.717, 1.165) is 0 Å². The van der Waals surface area contributed by atoms with E-state index in [1.807, 2.05) is 12.1 Å². The van der Waals surface area contributed by atoms with Crippen LogP contribution in [0.15, 0.2) is 71.2 Å². The number of hydrogen-bond acceptors (Lipinski definition) is 4. The Balaban J connectivity index is 1.61. The van der Waals surface area contributed by atoms with Gasteiger partial charge in [0.1, 0.15) is 29.6 Å². The van der Waals surface area contributed by atoms with Gasteiger partial charge in [-0.2, -0.15) is 0 Å². The minimum Gasteiger partial charge on any atom is -0.508 e. The van der Waals surface area contributed by atoms with Gasteiger partial charge in [-0.15, -0.1) is 0 Å². The number of ether oxygens (including phenoxy) is 1. The minimum absolute atomic E-state index is 0.0521. The number of phenols is 1. The van der Waals surface area contributed by atoms with E-state index in [-0.39, 0.29) is 18.1 Å². The summed E-state index contributed by atoms with van der Waals surface area (Å²) in [6.45, 7) is 0.234. The van der Waals surface area contributed by atoms with Gasteiger partial charge < -0.3 is 14.3 Å². The van der Waals surface area contributed by atoms with Crippen molar-refractivity contribution in [3.05, 3.63) is 88.8 Å². The number of carbonyl (C=O) groups is 1. The number of allylic oxidation sites excluding steroid dienone is 1. The van der Waals surface area contributed by atoms with E-state index < -0.39 is 0 Å². The number of aromatic hydroxyl groups is 1. The van der Waals surface area contributed by atoms with E-state index in [4.69, 9.17) is 20.8 Å². The van der Waals surface area contributed by atoms with E-state index in [9.17, 15) is 9.90 Å². The molecule has 3 aromatic rings. The lowest BCUT2D eigenvalue weighted by Crippen LogP contribution is -1.94. The van der Waals surface area contributed by atoms with Crippen molar-refractivity contribution in [2.75, 3.05) is 0 Å². The van der Waals surface area contributed by atoms with Crippen molar-refractivity contribution < 1.29 is 19.1 Å². The summed E-state index contributed by atoms with van der Waals surface area (Å²) in [7, 11) is 0. The zero-order chi connectivity index (χ0) is 17.6. The summed E-state index contributed by atoms with van der Waals surface area (Å²) < 4.78 is 11.2. The molecule has 1 N–H and O–H groups in total. The highest BCUT2D eigenvalue weighted by Crippen LogP contribution is 2.24. The lowest BCUT2D eigenvalue weighted by molar-refractivity contribution is 0.104. The molecule has 0 saturated heterocycles. The van der Waals surface area contributed by atoms with Crippen LogP contribution in [0.25, 0.3) is 6.08 Å². The second-order valence-corrected chi connectivity index (χ2v) is 5.68. The number of hydrogen-bond donors (Lipinski definition) is 1. The number of furan rings is 1. The molecule has 0 radical (unpaired) electrons. The van der Waals surface area contributed by atoms with Crippen LogP contribution in [0.5, 0.6) is 11.5 Å². The van der Waals surface area contributed by atoms with Crippen molar-refractivity contribution in [3.8, 4) is 11.5 Å². The van der Waals surface area contributed by atoms with E-state index in [1.165, 1.54) is 18.2 Å². The van der Waals surface area contributed by atoms with Gasteiger partial charge in [0.15, 0.2) is 5.78 Å². The third-order valence-electron chi connectivity index (χ3n) is 3.42. The first-order valence-corrected chi connectivity index (χ1v) is 7.97. The number of rotatable bonds is 6. The van der Waals surface area contributed by atoms with Crippen LogP contribution in [0.1, 0.15) is 21.9 Å². The van der Waals surface area contributed by atoms with Crippen LogP contribution < -0.4 is 4.74 Å². The zero-order valence-corrected chi connectivity index (χ0v) is 13.9. The number of benzene rings is 2. The molecule has 5 heteroatoms. The molecule has 0 unspecified atom stereocenters. The highest BCUT2D eigenvalue weighted by Gasteiger charge is 2.05. The van der Waals surface area contributed by atoms with Crippen LogP contribution in [-0.4, -0.2) is 10.9 Å². The van der Waals surface area contributed by atoms with Gasteiger partial charge in [0.25, 0.3) is 0 Å². The summed E-state index contributed by atoms with van der Waals surface area (Å²) in [4.78, 5) is 12.0. The SMILES string of the molecule is O=C(/C=C/c1ccc(COc2ccccc2Cl)o1)c1cccc(O)c1. The standard InChI is InChI=1S/C20H15ClO4/c21-18-6-1-2-7-20(18)24-13-17-9-8-16(25-17)10-11-19(23)14-4-3-5-15(22)12-14/h1-12,22H,13H2/b11-10+. The molecule has 0 saturated carbocycles. The predicted molar refractivity (Wildman–Crippen MR) is 96.0 cm³/mol. The summed E-state index contributed by atoms with van der Waals surface area (Å²) in [6, 6.07) is 16.9. The molecule has 1 heterocycles. The molecular formula is C20H15ClO4. The Bertz CT molecular complexity index is 911. The Labute approximate surface area is 149 Å². The molecule has 0 aliphatic carbocycles. The summed E-state index contributed by atoms with van der Waals surface area (Å²) in [5, 5.41) is 9.94. The molecule has 25 heavy (non-hydrogen) atoms. The molecule has 1 aromatic heterocycles. The largest absolute Gasteiger partial charge is 0.508 e. The molecule has 2 aromatic carbocycles. The van der Waals surface area contributed by atoms with Gasteiger partial charge in [0, 0.05) is 5.56 Å². The highest BCUT2D eigenvalue weighted by molar-refractivity contribution is 6.32. The van der Waals surface area contributed by atoms with Gasteiger partial charge in [-0.25, -0.2) is 0 Å². The number of halogens is 1. The lowest BCUT2D eigenvalue weighted by atomic mass is 10.1. The van der Waals surface area contributed by atoms with Gasteiger partial charge in [-0.3, -0.25) is 4.79 Å². The Hall–Kier alpha value is -2.98. The molecule has 0 aliphatic rings. The van der Waals surface area contributed by atoms with Crippen LogP contribution in [0.2, 0.25) is 5.02 Å². The van der Waals surface area contributed by atoms with Gasteiger partial charge in [0.2, 0.25) is 0 Å². The molecular weight excluding hydrogens is 340 g/mol. The van der Waals surface area contributed by atoms with Crippen molar-refractivity contribution in [3.63, 3.8) is 0 Å². The second kappa shape index (κ2) is 7.73. The minimum atomic E-state index is -0.221. The number of carbonyl (C=O) groups excluding carboxylic acids is 1. The molecule has 0 aliphatic heterocycles. The third kappa shape index (κ3) is 4.52. The topological polar surface area (TPSA) is 59.7 Å². The molecule has 0 fully saturated rings. The van der Waals surface area contributed by atoms with Crippen molar-refractivity contribution in [2.24, 2.45) is 0 Å². The number of para-hydroxylation sites is 1. The number of phenolic OH excluding ortho intramolecular Hbond substituents is 1. The Morgan fingerprint density at radius 3 is 2.76 bits per heavy atom. The summed E-state index contributed by atoms with van der Waals surface area (Å²) >= 11 is 6.03. The molecule has 0 atom stereocenters. The average molecular weight is 355 g/mol. The Morgan fingerprint density at radius 2 is 1.96 bits per heavy atom. The van der Waals surface area contributed by atoms with Crippen molar-refractivity contribution in [1.29, 1.82) is 0 Å². The third-order valence-corrected chi connectivity index (χ3v) is 3.73. The molecule has 0 spiro atoms. The lowest BCUT2D eigenvalue weighted by Gasteiger charge is -2.05. The van der Waals surface area contributed by atoms with Gasteiger partial charge in [-0.05, 0) is 48.6 Å². The summed E-state index contributed by atoms with van der Waals surface area (Å²) in [5.41, 5.74) is 0.407. The Morgan fingerprint density at radius 1 is 1.12 bits per heavy atom. The maximum absolute atomic E-state index is 12.0. The van der Waals surface area contributed by atoms with E-state index in [1.54, 1.807) is 42.5 Å². The monoisotopic (exact) mass is 354 g/mol. The molecule has 0 amide bonds. The predicted octanol–water partition coefficient (Wildman–Crippen LogP) is 5.11. The zero-order valence-electron chi connectivity index (χ0n) is 13.2. The molecule has 4 nitrogen and oxygen atoms in total. The molecule has 126 valence electrons. The quantitative estimate of drug-likeness (QED) is 0.493. The van der Waals surface area contributed by atoms with Gasteiger partial charge in [0.05, 0.1) is 5.02 Å². The fraction of sp³-hybridized carbons (Fsp3) is 0.0500. The second-order valence-electron chi connectivity index (χ2n) is 5.27. The molecule has 3 rings (SSSR count). The average Bonchev–Trinajstić information content (AvgIpc) is 3.07. The van der Waals surface area contributed by atoms with Crippen molar-refractivity contribution >= 4 is 23.5 Å². The maximum atomic E-state index is 12.0. The summed E-state index contributed by atoms with van der Waals surface area (Å²) in [5.74, 6) is 1.56. The maximum Gasteiger partial charge on any atom is 0.186 e. The van der Waals surface area contributed by atoms with Crippen LogP contribution in [0.4, 0.5) is 0 Å². The van der Waals surface area contributed by atoms with Crippen molar-refractivity contribution in [1.82, 2.24) is 0 Å². The van der Waals surface area contributed by atoms with E-state index in [0.29, 0.717) is 27.9 Å². The fourth-order valence-corrected chi connectivity index (χ4v) is 2.38. The van der Waals surface area contributed by atoms with Crippen LogP contribution in [-0.2, 0) is 6.61 Å². The first-order valence-electron chi connectivity index (χ1n) is 7.59. The van der Waals surface area contributed by atoms with Crippen LogP contribution in [0, 0.1) is 0 Å². The number of ketones is 1. The van der Waals surface area contributed by atoms with Gasteiger partial charge >= 0.3 is 0 Å². The van der Waals surface area contributed by atoms with Crippen LogP contribution >= 0.6 is 11.6 Å². The first-order chi connectivity index (χ1) is 12.1. The summed E-state index contributed by atoms with van der Waals surface area (Å²) in [6.07, 6.45) is 2.97.